The lowest BCUT2D eigenvalue weighted by Crippen LogP contribution is -2.22. The zero-order chi connectivity index (χ0) is 13.0. The van der Waals surface area contributed by atoms with Gasteiger partial charge in [-0.3, -0.25) is 4.79 Å². The Morgan fingerprint density at radius 3 is 2.56 bits per heavy atom. The van der Waals surface area contributed by atoms with E-state index >= 15 is 0 Å². The highest BCUT2D eigenvalue weighted by Crippen LogP contribution is 2.21. The molecule has 0 unspecified atom stereocenters. The number of carbonyl (C=O) groups is 1. The van der Waals surface area contributed by atoms with Crippen LogP contribution in [0.5, 0.6) is 5.75 Å². The molecule has 2 aromatic rings. The second kappa shape index (κ2) is 5.89. The van der Waals surface area contributed by atoms with Crippen LogP contribution in [-0.4, -0.2) is 13.0 Å². The summed E-state index contributed by atoms with van der Waals surface area (Å²) in [7, 11) is 1.59. The lowest BCUT2D eigenvalue weighted by molar-refractivity contribution is 0.0951. The van der Waals surface area contributed by atoms with Crippen LogP contribution in [0.3, 0.4) is 0 Å². The molecule has 1 aromatic heterocycles. The molecule has 2 rings (SSSR count). The van der Waals surface area contributed by atoms with Crippen LogP contribution in [0, 0.1) is 0 Å². The first-order chi connectivity index (χ1) is 8.69. The number of nitrogens with one attached hydrogen (secondary N) is 1. The maximum absolute atomic E-state index is 11.8. The van der Waals surface area contributed by atoms with Crippen LogP contribution in [0.15, 0.2) is 36.4 Å². The highest BCUT2D eigenvalue weighted by atomic mass is 35.5. The lowest BCUT2D eigenvalue weighted by atomic mass is 10.2. The predicted molar refractivity (Wildman–Crippen MR) is 73.5 cm³/mol. The summed E-state index contributed by atoms with van der Waals surface area (Å²) < 4.78 is 5.76. The van der Waals surface area contributed by atoms with Crippen molar-refractivity contribution in [1.29, 1.82) is 0 Å². The normalized spacial score (nSPS) is 10.1. The molecule has 1 heterocycles. The van der Waals surface area contributed by atoms with Crippen molar-refractivity contribution in [3.8, 4) is 5.75 Å². The molecule has 0 saturated heterocycles. The fraction of sp³-hybridized carbons (Fsp3) is 0.154. The van der Waals surface area contributed by atoms with E-state index in [-0.39, 0.29) is 5.91 Å². The molecule has 0 aliphatic rings. The van der Waals surface area contributed by atoms with Crippen LogP contribution in [-0.2, 0) is 6.54 Å². The number of amides is 1. The minimum atomic E-state index is -0.109. The average Bonchev–Trinajstić information content (AvgIpc) is 2.82. The Balaban J connectivity index is 1.94. The van der Waals surface area contributed by atoms with Crippen molar-refractivity contribution < 1.29 is 9.53 Å². The molecule has 94 valence electrons. The van der Waals surface area contributed by atoms with Crippen molar-refractivity contribution >= 4 is 28.8 Å². The van der Waals surface area contributed by atoms with Crippen LogP contribution in [0.4, 0.5) is 0 Å². The van der Waals surface area contributed by atoms with Crippen LogP contribution in [0.25, 0.3) is 0 Å². The van der Waals surface area contributed by atoms with E-state index in [0.717, 1.165) is 15.0 Å². The topological polar surface area (TPSA) is 38.3 Å². The van der Waals surface area contributed by atoms with E-state index in [2.05, 4.69) is 5.32 Å². The summed E-state index contributed by atoms with van der Waals surface area (Å²) in [6.45, 7) is 0.488. The quantitative estimate of drug-likeness (QED) is 0.933. The average molecular weight is 282 g/mol. The molecule has 0 spiro atoms. The van der Waals surface area contributed by atoms with E-state index < -0.39 is 0 Å². The van der Waals surface area contributed by atoms with Gasteiger partial charge in [0.25, 0.3) is 5.91 Å². The summed E-state index contributed by atoms with van der Waals surface area (Å²) in [6, 6.07) is 10.7. The van der Waals surface area contributed by atoms with E-state index in [1.54, 1.807) is 31.4 Å². The molecule has 3 nitrogen and oxygen atoms in total. The van der Waals surface area contributed by atoms with Gasteiger partial charge in [-0.05, 0) is 36.4 Å². The number of thiophene rings is 1. The zero-order valence-electron chi connectivity index (χ0n) is 9.77. The monoisotopic (exact) mass is 281 g/mol. The van der Waals surface area contributed by atoms with Crippen molar-refractivity contribution in [3.63, 3.8) is 0 Å². The second-order valence-electron chi connectivity index (χ2n) is 3.62. The molecule has 0 radical (unpaired) electrons. The van der Waals surface area contributed by atoms with Crippen LogP contribution < -0.4 is 10.1 Å². The molecular weight excluding hydrogens is 270 g/mol. The van der Waals surface area contributed by atoms with Crippen molar-refractivity contribution in [3.05, 3.63) is 51.2 Å². The summed E-state index contributed by atoms with van der Waals surface area (Å²) in [5.41, 5.74) is 0.610. The standard InChI is InChI=1S/C13H12ClNO2S/c1-17-10-4-2-9(3-5-10)13(16)15-8-11-6-7-12(14)18-11/h2-7H,8H2,1H3,(H,15,16). The third-order valence-electron chi connectivity index (χ3n) is 2.40. The highest BCUT2D eigenvalue weighted by molar-refractivity contribution is 7.16. The fourth-order valence-electron chi connectivity index (χ4n) is 1.46. The number of halogens is 1. The maximum atomic E-state index is 11.8. The third-order valence-corrected chi connectivity index (χ3v) is 3.64. The van der Waals surface area contributed by atoms with Crippen molar-refractivity contribution in [1.82, 2.24) is 5.32 Å². The Bertz CT molecular complexity index is 536. The van der Waals surface area contributed by atoms with Crippen LogP contribution in [0.2, 0.25) is 4.34 Å². The summed E-state index contributed by atoms with van der Waals surface area (Å²) in [4.78, 5) is 12.9. The predicted octanol–water partition coefficient (Wildman–Crippen LogP) is 3.34. The Labute approximate surface area is 114 Å². The van der Waals surface area contributed by atoms with Gasteiger partial charge in [-0.2, -0.15) is 0 Å². The van der Waals surface area contributed by atoms with E-state index in [9.17, 15) is 4.79 Å². The molecule has 5 heteroatoms. The van der Waals surface area contributed by atoms with Crippen molar-refractivity contribution in [2.45, 2.75) is 6.54 Å². The molecule has 1 N–H and O–H groups in total. The van der Waals surface area contributed by atoms with Gasteiger partial charge in [-0.15, -0.1) is 11.3 Å². The van der Waals surface area contributed by atoms with Gasteiger partial charge in [0, 0.05) is 10.4 Å². The second-order valence-corrected chi connectivity index (χ2v) is 5.42. The first-order valence-electron chi connectivity index (χ1n) is 5.35. The molecule has 0 aliphatic heterocycles. The fourth-order valence-corrected chi connectivity index (χ4v) is 2.49. The number of ether oxygens (including phenoxy) is 1. The van der Waals surface area contributed by atoms with Gasteiger partial charge in [0.15, 0.2) is 0 Å². The summed E-state index contributed by atoms with van der Waals surface area (Å²) in [6.07, 6.45) is 0. The maximum Gasteiger partial charge on any atom is 0.251 e. The van der Waals surface area contributed by atoms with E-state index in [1.807, 2.05) is 12.1 Å². The van der Waals surface area contributed by atoms with Crippen LogP contribution in [0.1, 0.15) is 15.2 Å². The summed E-state index contributed by atoms with van der Waals surface area (Å²) in [5, 5.41) is 2.84. The molecule has 0 aliphatic carbocycles. The van der Waals surface area contributed by atoms with Gasteiger partial charge in [-0.1, -0.05) is 11.6 Å². The van der Waals surface area contributed by atoms with E-state index in [4.69, 9.17) is 16.3 Å². The SMILES string of the molecule is COc1ccc(C(=O)NCc2ccc(Cl)s2)cc1. The minimum Gasteiger partial charge on any atom is -0.497 e. The Morgan fingerprint density at radius 1 is 1.28 bits per heavy atom. The van der Waals surface area contributed by atoms with Crippen molar-refractivity contribution in [2.75, 3.05) is 7.11 Å². The summed E-state index contributed by atoms with van der Waals surface area (Å²) >= 11 is 7.28. The van der Waals surface area contributed by atoms with Gasteiger partial charge in [0.2, 0.25) is 0 Å². The van der Waals surface area contributed by atoms with Gasteiger partial charge in [0.1, 0.15) is 5.75 Å². The molecule has 0 atom stereocenters. The van der Waals surface area contributed by atoms with Gasteiger partial charge >= 0.3 is 0 Å². The van der Waals surface area contributed by atoms with E-state index in [1.165, 1.54) is 11.3 Å². The summed E-state index contributed by atoms with van der Waals surface area (Å²) in [5.74, 6) is 0.624. The largest absolute Gasteiger partial charge is 0.497 e. The van der Waals surface area contributed by atoms with Gasteiger partial charge in [0.05, 0.1) is 18.0 Å². The first kappa shape index (κ1) is 12.9. The minimum absolute atomic E-state index is 0.109. The molecule has 0 fully saturated rings. The molecule has 0 saturated carbocycles. The smallest absolute Gasteiger partial charge is 0.251 e. The molecule has 1 aromatic carbocycles. The molecule has 18 heavy (non-hydrogen) atoms. The highest BCUT2D eigenvalue weighted by Gasteiger charge is 2.06. The lowest BCUT2D eigenvalue weighted by Gasteiger charge is -2.04. The molecule has 1 amide bonds. The van der Waals surface area contributed by atoms with Gasteiger partial charge < -0.3 is 10.1 Å². The Kier molecular flexibility index (Phi) is 4.23. The Hall–Kier alpha value is -1.52. The number of rotatable bonds is 4. The van der Waals surface area contributed by atoms with Crippen molar-refractivity contribution in [2.24, 2.45) is 0 Å². The zero-order valence-corrected chi connectivity index (χ0v) is 11.3. The number of carbonyl (C=O) groups excluding carboxylic acids is 1. The number of benzene rings is 1. The van der Waals surface area contributed by atoms with Gasteiger partial charge in [-0.25, -0.2) is 0 Å². The Morgan fingerprint density at radius 2 is 2.00 bits per heavy atom. The molecular formula is C13H12ClNO2S. The number of hydrogen-bond acceptors (Lipinski definition) is 3. The van der Waals surface area contributed by atoms with Crippen LogP contribution >= 0.6 is 22.9 Å². The number of methoxy groups -OCH3 is 1. The number of hydrogen-bond donors (Lipinski definition) is 1. The third kappa shape index (κ3) is 3.24. The first-order valence-corrected chi connectivity index (χ1v) is 6.55. The molecule has 0 bridgehead atoms. The van der Waals surface area contributed by atoms with E-state index in [0.29, 0.717) is 12.1 Å².